The molecule has 0 saturated carbocycles. The molecule has 0 unspecified atom stereocenters. The number of aliphatic hydroxyl groups excluding tert-OH is 2. The number of nitrogens with zero attached hydrogens (tertiary/aromatic N) is 6. The van der Waals surface area contributed by atoms with Crippen LogP contribution in [0.4, 0.5) is 21.7 Å². The monoisotopic (exact) mass is 585 g/mol. The number of hydrogen-bond acceptors (Lipinski definition) is 10. The quantitative estimate of drug-likeness (QED) is 0.274. The molecule has 6 rings (SSSR count). The summed E-state index contributed by atoms with van der Waals surface area (Å²) in [6, 6.07) is 12.3. The van der Waals surface area contributed by atoms with Crippen molar-refractivity contribution in [2.24, 2.45) is 0 Å². The zero-order chi connectivity index (χ0) is 29.8. The Balaban J connectivity index is 1.27. The first-order valence-corrected chi connectivity index (χ1v) is 14.7. The first-order chi connectivity index (χ1) is 21.0. The summed E-state index contributed by atoms with van der Waals surface area (Å²) in [6.07, 6.45) is 7.88. The summed E-state index contributed by atoms with van der Waals surface area (Å²) in [7, 11) is 1.48. The van der Waals surface area contributed by atoms with Crippen LogP contribution >= 0.6 is 0 Å². The maximum absolute atomic E-state index is 14.7. The molecular weight excluding hydrogens is 549 g/mol. The van der Waals surface area contributed by atoms with Crippen molar-refractivity contribution in [2.45, 2.75) is 44.4 Å². The number of piperidine rings is 2. The molecule has 1 aromatic carbocycles. The van der Waals surface area contributed by atoms with Crippen molar-refractivity contribution in [2.75, 3.05) is 43.5 Å². The maximum Gasteiger partial charge on any atom is 0.168 e. The third-order valence-corrected chi connectivity index (χ3v) is 8.03. The van der Waals surface area contributed by atoms with E-state index in [2.05, 4.69) is 36.1 Å². The Bertz CT molecular complexity index is 1550. The molecule has 11 heteroatoms. The van der Waals surface area contributed by atoms with Crippen LogP contribution in [0.15, 0.2) is 61.1 Å². The number of hydrogen-bond donors (Lipinski definition) is 3. The number of pyridine rings is 2. The first kappa shape index (κ1) is 28.9. The fraction of sp³-hybridized carbons (Fsp3) is 0.375. The highest BCUT2D eigenvalue weighted by Gasteiger charge is 2.23. The summed E-state index contributed by atoms with van der Waals surface area (Å²) in [6.45, 7) is 3.81. The van der Waals surface area contributed by atoms with Crippen LogP contribution < -0.4 is 15.0 Å². The van der Waals surface area contributed by atoms with Crippen molar-refractivity contribution in [3.63, 3.8) is 0 Å². The summed E-state index contributed by atoms with van der Waals surface area (Å²) >= 11 is 0. The van der Waals surface area contributed by atoms with Crippen LogP contribution in [0.1, 0.15) is 31.4 Å². The Kier molecular flexibility index (Phi) is 8.73. The minimum atomic E-state index is -0.473. The van der Waals surface area contributed by atoms with Gasteiger partial charge in [0.1, 0.15) is 23.2 Å². The summed E-state index contributed by atoms with van der Waals surface area (Å²) in [5.41, 5.74) is 3.95. The number of rotatable bonds is 8. The number of anilines is 3. The van der Waals surface area contributed by atoms with E-state index >= 15 is 0 Å². The fourth-order valence-electron chi connectivity index (χ4n) is 5.73. The Labute approximate surface area is 250 Å². The van der Waals surface area contributed by atoms with Gasteiger partial charge in [-0.25, -0.2) is 19.3 Å². The second-order valence-corrected chi connectivity index (χ2v) is 11.1. The molecule has 3 N–H and O–H groups in total. The van der Waals surface area contributed by atoms with Gasteiger partial charge in [-0.05, 0) is 49.9 Å². The predicted molar refractivity (Wildman–Crippen MR) is 163 cm³/mol. The molecule has 2 saturated heterocycles. The van der Waals surface area contributed by atoms with Crippen molar-refractivity contribution in [3.05, 3.63) is 72.6 Å². The lowest BCUT2D eigenvalue weighted by Crippen LogP contribution is -2.38. The van der Waals surface area contributed by atoms with Crippen molar-refractivity contribution < 1.29 is 19.3 Å². The van der Waals surface area contributed by atoms with Crippen LogP contribution in [0.5, 0.6) is 5.75 Å². The zero-order valence-electron chi connectivity index (χ0n) is 24.2. The van der Waals surface area contributed by atoms with Crippen LogP contribution in [-0.2, 0) is 6.54 Å². The van der Waals surface area contributed by atoms with Gasteiger partial charge in [0, 0.05) is 74.2 Å². The number of likely N-dealkylation sites (tertiary alicyclic amines) is 1. The van der Waals surface area contributed by atoms with Gasteiger partial charge in [0.2, 0.25) is 0 Å². The molecule has 2 aliphatic rings. The van der Waals surface area contributed by atoms with Gasteiger partial charge in [0.15, 0.2) is 5.82 Å². The van der Waals surface area contributed by atoms with Gasteiger partial charge in [0.05, 0.1) is 30.6 Å². The maximum atomic E-state index is 14.7. The fourth-order valence-corrected chi connectivity index (χ4v) is 5.73. The second kappa shape index (κ2) is 13.0. The molecule has 0 aliphatic carbocycles. The van der Waals surface area contributed by atoms with Gasteiger partial charge in [-0.3, -0.25) is 9.88 Å². The highest BCUT2D eigenvalue weighted by atomic mass is 19.1. The van der Waals surface area contributed by atoms with E-state index in [1.807, 2.05) is 24.5 Å². The zero-order valence-corrected chi connectivity index (χ0v) is 24.2. The number of halogens is 1. The molecule has 0 amide bonds. The van der Waals surface area contributed by atoms with Crippen LogP contribution in [0.25, 0.3) is 22.5 Å². The van der Waals surface area contributed by atoms with Gasteiger partial charge in [-0.2, -0.15) is 0 Å². The van der Waals surface area contributed by atoms with Crippen LogP contribution in [-0.4, -0.2) is 80.5 Å². The van der Waals surface area contributed by atoms with Gasteiger partial charge in [-0.15, -0.1) is 0 Å². The molecule has 10 nitrogen and oxygen atoms in total. The van der Waals surface area contributed by atoms with Crippen LogP contribution in [0.2, 0.25) is 0 Å². The van der Waals surface area contributed by atoms with Crippen molar-refractivity contribution in [3.8, 4) is 28.3 Å². The van der Waals surface area contributed by atoms with Gasteiger partial charge >= 0.3 is 0 Å². The van der Waals surface area contributed by atoms with Gasteiger partial charge in [-0.1, -0.05) is 12.1 Å². The molecule has 43 heavy (non-hydrogen) atoms. The van der Waals surface area contributed by atoms with E-state index in [-0.39, 0.29) is 17.5 Å². The Morgan fingerprint density at radius 1 is 0.953 bits per heavy atom. The van der Waals surface area contributed by atoms with E-state index < -0.39 is 11.9 Å². The number of ether oxygens (including phenoxy) is 1. The topological polar surface area (TPSA) is 120 Å². The Morgan fingerprint density at radius 3 is 2.58 bits per heavy atom. The summed E-state index contributed by atoms with van der Waals surface area (Å²) < 4.78 is 20.0. The lowest BCUT2D eigenvalue weighted by atomic mass is 10.0. The highest BCUT2D eigenvalue weighted by Crippen LogP contribution is 2.35. The van der Waals surface area contributed by atoms with Crippen LogP contribution in [0, 0.1) is 5.82 Å². The largest absolute Gasteiger partial charge is 0.496 e. The molecule has 3 aromatic heterocycles. The minimum Gasteiger partial charge on any atom is -0.496 e. The number of aliphatic hydroxyl groups is 2. The van der Waals surface area contributed by atoms with Crippen LogP contribution in [0.3, 0.4) is 0 Å². The molecule has 1 atom stereocenters. The van der Waals surface area contributed by atoms with E-state index in [0.717, 1.165) is 74.4 Å². The summed E-state index contributed by atoms with van der Waals surface area (Å²) in [5.74, 6) is 1.08. The van der Waals surface area contributed by atoms with Crippen molar-refractivity contribution in [1.29, 1.82) is 0 Å². The van der Waals surface area contributed by atoms with E-state index in [1.165, 1.54) is 13.2 Å². The smallest absolute Gasteiger partial charge is 0.168 e. The third kappa shape index (κ3) is 6.74. The molecule has 0 bridgehead atoms. The average Bonchev–Trinajstić information content (AvgIpc) is 3.02. The summed E-state index contributed by atoms with van der Waals surface area (Å²) in [5, 5.41) is 23.5. The third-order valence-electron chi connectivity index (χ3n) is 8.03. The minimum absolute atomic E-state index is 0.189. The van der Waals surface area contributed by atoms with E-state index in [9.17, 15) is 14.6 Å². The predicted octanol–water partition coefficient (Wildman–Crippen LogP) is 4.41. The standard InChI is InChI=1S/C32H36FN7O3/c1-43-28-6-2-5-26(33)31(28)32-34-12-9-29(38-32)37-30-16-27(40-13-3-4-24(42)20-40)25(18-36-30)21-7-8-22(35-17-21)19-39-14-10-23(41)11-15-39/h2,5-9,12,16-18,23-24,41-42H,3-4,10-11,13-15,19-20H2,1H3,(H,34,36,37,38)/t24-/m0/s1. The van der Waals surface area contributed by atoms with E-state index in [0.29, 0.717) is 23.9 Å². The molecule has 4 aromatic rings. The molecular formula is C32H36FN7O3. The molecule has 224 valence electrons. The molecule has 0 spiro atoms. The second-order valence-electron chi connectivity index (χ2n) is 11.1. The number of β-amino-alcohol motifs (C(OH)–C–C–N with tert-alkyl or cyclic N) is 1. The number of nitrogens with one attached hydrogen (secondary N) is 1. The lowest BCUT2D eigenvalue weighted by molar-refractivity contribution is 0.0787. The molecule has 2 aliphatic heterocycles. The van der Waals surface area contributed by atoms with Crippen molar-refractivity contribution in [1.82, 2.24) is 24.8 Å². The highest BCUT2D eigenvalue weighted by molar-refractivity contribution is 5.80. The number of benzene rings is 1. The SMILES string of the molecule is COc1cccc(F)c1-c1nccc(Nc2cc(N3CCC[C@H](O)C3)c(-c3ccc(CN4CCC(O)CC4)nc3)cn2)n1. The Morgan fingerprint density at radius 2 is 1.81 bits per heavy atom. The summed E-state index contributed by atoms with van der Waals surface area (Å²) in [4.78, 5) is 22.7. The normalized spacial score (nSPS) is 18.0. The number of aromatic nitrogens is 4. The average molecular weight is 586 g/mol. The van der Waals surface area contributed by atoms with Gasteiger partial charge < -0.3 is 25.2 Å². The van der Waals surface area contributed by atoms with E-state index in [4.69, 9.17) is 9.72 Å². The van der Waals surface area contributed by atoms with Crippen molar-refractivity contribution >= 4 is 17.3 Å². The first-order valence-electron chi connectivity index (χ1n) is 14.7. The lowest BCUT2D eigenvalue weighted by Gasteiger charge is -2.33. The molecule has 5 heterocycles. The molecule has 2 fully saturated rings. The Hall–Kier alpha value is -4.19. The van der Waals surface area contributed by atoms with Gasteiger partial charge in [0.25, 0.3) is 0 Å². The number of methoxy groups -OCH3 is 1. The molecule has 0 radical (unpaired) electrons. The van der Waals surface area contributed by atoms with E-state index in [1.54, 1.807) is 24.4 Å².